The summed E-state index contributed by atoms with van der Waals surface area (Å²) in [4.78, 5) is 29.3. The van der Waals surface area contributed by atoms with E-state index in [0.717, 1.165) is 11.1 Å². The summed E-state index contributed by atoms with van der Waals surface area (Å²) in [5.74, 6) is -0.595. The smallest absolute Gasteiger partial charge is 0.275 e. The van der Waals surface area contributed by atoms with E-state index in [4.69, 9.17) is 4.74 Å². The van der Waals surface area contributed by atoms with Crippen LogP contribution in [0.25, 0.3) is 15.5 Å². The minimum Gasteiger partial charge on any atom is -0.484 e. The highest BCUT2D eigenvalue weighted by atomic mass is 32.1. The SMILES string of the molecule is Cc1cccc(-c2nn3c(=O)cc(CNC(=O)COc4cccc(F)c4)nc3s2)c1. The van der Waals surface area contributed by atoms with Crippen LogP contribution in [0.3, 0.4) is 0 Å². The standard InChI is InChI=1S/C21H17FN4O3S/c1-13-4-2-5-14(8-13)20-25-26-19(28)10-16(24-21(26)30-20)11-23-18(27)12-29-17-7-3-6-15(22)9-17/h2-10H,11-12H2,1H3,(H,23,27). The number of rotatable bonds is 6. The third-order valence-corrected chi connectivity index (χ3v) is 5.15. The summed E-state index contributed by atoms with van der Waals surface area (Å²) in [6.45, 7) is 1.78. The molecule has 152 valence electrons. The van der Waals surface area contributed by atoms with Crippen LogP contribution in [0.5, 0.6) is 5.75 Å². The van der Waals surface area contributed by atoms with E-state index >= 15 is 0 Å². The van der Waals surface area contributed by atoms with Gasteiger partial charge in [0.15, 0.2) is 6.61 Å². The maximum atomic E-state index is 13.1. The first-order valence-corrected chi connectivity index (χ1v) is 9.91. The molecular weight excluding hydrogens is 407 g/mol. The Labute approximate surface area is 174 Å². The van der Waals surface area contributed by atoms with Crippen molar-refractivity contribution in [2.45, 2.75) is 13.5 Å². The van der Waals surface area contributed by atoms with Crippen LogP contribution in [0.4, 0.5) is 4.39 Å². The zero-order valence-corrected chi connectivity index (χ0v) is 16.8. The minimum atomic E-state index is -0.444. The van der Waals surface area contributed by atoms with Crippen molar-refractivity contribution in [3.63, 3.8) is 0 Å². The summed E-state index contributed by atoms with van der Waals surface area (Å²) in [6, 6.07) is 14.7. The molecule has 30 heavy (non-hydrogen) atoms. The van der Waals surface area contributed by atoms with E-state index in [9.17, 15) is 14.0 Å². The van der Waals surface area contributed by atoms with Crippen molar-refractivity contribution in [1.82, 2.24) is 19.9 Å². The van der Waals surface area contributed by atoms with Crippen LogP contribution in [-0.2, 0) is 11.3 Å². The number of hydrogen-bond donors (Lipinski definition) is 1. The molecule has 4 aromatic rings. The highest BCUT2D eigenvalue weighted by Gasteiger charge is 2.12. The van der Waals surface area contributed by atoms with Crippen LogP contribution in [0, 0.1) is 12.7 Å². The first kappa shape index (κ1) is 19.7. The van der Waals surface area contributed by atoms with Crippen LogP contribution >= 0.6 is 11.3 Å². The average Bonchev–Trinajstić information content (AvgIpc) is 3.16. The summed E-state index contributed by atoms with van der Waals surface area (Å²) in [6.07, 6.45) is 0. The van der Waals surface area contributed by atoms with Crippen molar-refractivity contribution < 1.29 is 13.9 Å². The second-order valence-corrected chi connectivity index (χ2v) is 7.54. The molecule has 0 atom stereocenters. The number of aromatic nitrogens is 3. The summed E-state index contributed by atoms with van der Waals surface area (Å²) in [7, 11) is 0. The van der Waals surface area contributed by atoms with Gasteiger partial charge in [0.05, 0.1) is 12.2 Å². The number of carbonyl (C=O) groups excluding carboxylic acids is 1. The van der Waals surface area contributed by atoms with Crippen LogP contribution in [-0.4, -0.2) is 27.1 Å². The molecule has 0 aliphatic heterocycles. The Kier molecular flexibility index (Phi) is 5.53. The van der Waals surface area contributed by atoms with Crippen molar-refractivity contribution in [3.05, 3.63) is 82.0 Å². The second-order valence-electron chi connectivity index (χ2n) is 6.58. The number of fused-ring (bicyclic) bond motifs is 1. The topological polar surface area (TPSA) is 85.6 Å². The Balaban J connectivity index is 1.44. The van der Waals surface area contributed by atoms with Gasteiger partial charge in [0.25, 0.3) is 11.5 Å². The van der Waals surface area contributed by atoms with Gasteiger partial charge in [-0.2, -0.15) is 9.61 Å². The first-order chi connectivity index (χ1) is 14.5. The van der Waals surface area contributed by atoms with Crippen molar-refractivity contribution in [2.75, 3.05) is 6.61 Å². The van der Waals surface area contributed by atoms with Gasteiger partial charge in [0, 0.05) is 17.7 Å². The molecule has 0 bridgehead atoms. The number of carbonyl (C=O) groups is 1. The van der Waals surface area contributed by atoms with Gasteiger partial charge >= 0.3 is 0 Å². The molecule has 4 rings (SSSR count). The summed E-state index contributed by atoms with van der Waals surface area (Å²) in [5, 5.41) is 7.68. The molecule has 2 aromatic heterocycles. The zero-order chi connectivity index (χ0) is 21.1. The molecule has 1 amide bonds. The number of hydrogen-bond acceptors (Lipinski definition) is 6. The van der Waals surface area contributed by atoms with Gasteiger partial charge in [0.1, 0.15) is 16.6 Å². The van der Waals surface area contributed by atoms with Crippen LogP contribution in [0.2, 0.25) is 0 Å². The van der Waals surface area contributed by atoms with Gasteiger partial charge < -0.3 is 10.1 Å². The molecule has 0 aliphatic rings. The number of amides is 1. The number of nitrogens with one attached hydrogen (secondary N) is 1. The largest absolute Gasteiger partial charge is 0.484 e. The number of aryl methyl sites for hydroxylation is 1. The van der Waals surface area contributed by atoms with Gasteiger partial charge in [-0.25, -0.2) is 9.37 Å². The van der Waals surface area contributed by atoms with Crippen molar-refractivity contribution in [2.24, 2.45) is 0 Å². The van der Waals surface area contributed by atoms with E-state index in [-0.39, 0.29) is 24.5 Å². The third kappa shape index (κ3) is 4.52. The maximum Gasteiger partial charge on any atom is 0.275 e. The van der Waals surface area contributed by atoms with Gasteiger partial charge in [-0.05, 0) is 25.1 Å². The number of nitrogens with zero attached hydrogens (tertiary/aromatic N) is 3. The van der Waals surface area contributed by atoms with Crippen molar-refractivity contribution >= 4 is 22.2 Å². The highest BCUT2D eigenvalue weighted by molar-refractivity contribution is 7.19. The molecule has 0 saturated carbocycles. The Morgan fingerprint density at radius 1 is 1.20 bits per heavy atom. The van der Waals surface area contributed by atoms with E-state index in [0.29, 0.717) is 15.7 Å². The Bertz CT molecular complexity index is 1280. The predicted octanol–water partition coefficient (Wildman–Crippen LogP) is 2.96. The molecular formula is C21H17FN4O3S. The van der Waals surface area contributed by atoms with E-state index in [2.05, 4.69) is 15.4 Å². The van der Waals surface area contributed by atoms with E-state index in [1.165, 1.54) is 40.1 Å². The lowest BCUT2D eigenvalue weighted by Gasteiger charge is -2.07. The molecule has 2 aromatic carbocycles. The molecule has 9 heteroatoms. The zero-order valence-electron chi connectivity index (χ0n) is 16.0. The van der Waals surface area contributed by atoms with Crippen LogP contribution in [0.1, 0.15) is 11.3 Å². The van der Waals surface area contributed by atoms with Crippen LogP contribution < -0.4 is 15.6 Å². The number of benzene rings is 2. The first-order valence-electron chi connectivity index (χ1n) is 9.10. The lowest BCUT2D eigenvalue weighted by atomic mass is 10.1. The van der Waals surface area contributed by atoms with Crippen LogP contribution in [0.15, 0.2) is 59.4 Å². The molecule has 0 fully saturated rings. The Morgan fingerprint density at radius 2 is 2.03 bits per heavy atom. The average molecular weight is 424 g/mol. The molecule has 0 spiro atoms. The summed E-state index contributed by atoms with van der Waals surface area (Å²) in [5.41, 5.74) is 2.10. The lowest BCUT2D eigenvalue weighted by molar-refractivity contribution is -0.123. The van der Waals surface area contributed by atoms with Gasteiger partial charge in [0.2, 0.25) is 4.96 Å². The quantitative estimate of drug-likeness (QED) is 0.514. The van der Waals surface area contributed by atoms with E-state index in [1.54, 1.807) is 6.07 Å². The minimum absolute atomic E-state index is 0.0642. The number of halogens is 1. The maximum absolute atomic E-state index is 13.1. The monoisotopic (exact) mass is 424 g/mol. The second kappa shape index (κ2) is 8.42. The van der Waals surface area contributed by atoms with Gasteiger partial charge in [-0.1, -0.05) is 41.2 Å². The molecule has 2 heterocycles. The van der Waals surface area contributed by atoms with Gasteiger partial charge in [-0.3, -0.25) is 9.59 Å². The lowest BCUT2D eigenvalue weighted by Crippen LogP contribution is -2.29. The fourth-order valence-corrected chi connectivity index (χ4v) is 3.71. The number of ether oxygens (including phenoxy) is 1. The summed E-state index contributed by atoms with van der Waals surface area (Å²) < 4.78 is 19.6. The normalized spacial score (nSPS) is 10.9. The third-order valence-electron chi connectivity index (χ3n) is 4.20. The molecule has 1 N–H and O–H groups in total. The highest BCUT2D eigenvalue weighted by Crippen LogP contribution is 2.24. The Hall–Kier alpha value is -3.59. The fourth-order valence-electron chi connectivity index (χ4n) is 2.79. The Morgan fingerprint density at radius 3 is 2.83 bits per heavy atom. The molecule has 0 aliphatic carbocycles. The molecule has 7 nitrogen and oxygen atoms in total. The summed E-state index contributed by atoms with van der Waals surface area (Å²) >= 11 is 1.30. The van der Waals surface area contributed by atoms with E-state index in [1.807, 2.05) is 31.2 Å². The molecule has 0 radical (unpaired) electrons. The van der Waals surface area contributed by atoms with E-state index < -0.39 is 11.7 Å². The fraction of sp³-hybridized carbons (Fsp3) is 0.143. The van der Waals surface area contributed by atoms with Crippen molar-refractivity contribution in [1.29, 1.82) is 0 Å². The molecule has 0 saturated heterocycles. The molecule has 0 unspecified atom stereocenters. The predicted molar refractivity (Wildman–Crippen MR) is 111 cm³/mol. The van der Waals surface area contributed by atoms with Crippen molar-refractivity contribution in [3.8, 4) is 16.3 Å². The van der Waals surface area contributed by atoms with Gasteiger partial charge in [-0.15, -0.1) is 0 Å².